The van der Waals surface area contributed by atoms with Crippen molar-refractivity contribution in [2.45, 2.75) is 19.3 Å². The first-order valence-corrected chi connectivity index (χ1v) is 5.30. The first-order chi connectivity index (χ1) is 7.15. The fraction of sp³-hybridized carbons (Fsp3) is 0.800. The van der Waals surface area contributed by atoms with E-state index in [-0.39, 0.29) is 11.8 Å². The maximum atomic E-state index is 11.6. The molecule has 0 unspecified atom stereocenters. The zero-order valence-corrected chi connectivity index (χ0v) is 9.03. The lowest BCUT2D eigenvalue weighted by Gasteiger charge is -2.30. The number of hydrogen-bond acceptors (Lipinski definition) is 3. The van der Waals surface area contributed by atoms with Crippen molar-refractivity contribution in [3.8, 4) is 0 Å². The summed E-state index contributed by atoms with van der Waals surface area (Å²) in [6, 6.07) is 0. The second-order valence-electron chi connectivity index (χ2n) is 3.85. The maximum absolute atomic E-state index is 11.6. The summed E-state index contributed by atoms with van der Waals surface area (Å²) in [4.78, 5) is 24.0. The van der Waals surface area contributed by atoms with Crippen molar-refractivity contribution in [3.63, 3.8) is 0 Å². The molecule has 0 aromatic carbocycles. The van der Waals surface area contributed by atoms with E-state index in [9.17, 15) is 9.59 Å². The number of nitrogens with one attached hydrogen (secondary N) is 1. The summed E-state index contributed by atoms with van der Waals surface area (Å²) in [6.07, 6.45) is 1.66. The van der Waals surface area contributed by atoms with Crippen LogP contribution in [0.3, 0.4) is 0 Å². The molecule has 1 saturated heterocycles. The van der Waals surface area contributed by atoms with Crippen LogP contribution in [0.25, 0.3) is 0 Å². The lowest BCUT2D eigenvalue weighted by atomic mass is 9.97. The Balaban J connectivity index is 2.30. The van der Waals surface area contributed by atoms with Crippen molar-refractivity contribution in [2.24, 2.45) is 5.92 Å². The number of piperidine rings is 1. The fourth-order valence-corrected chi connectivity index (χ4v) is 1.77. The molecular formula is C10H18N2O3. The molecule has 15 heavy (non-hydrogen) atoms. The Bertz CT molecular complexity index is 235. The molecule has 0 bridgehead atoms. The van der Waals surface area contributed by atoms with Crippen molar-refractivity contribution in [3.05, 3.63) is 0 Å². The largest absolute Gasteiger partial charge is 0.481 e. The number of carbonyl (C=O) groups excluding carboxylic acids is 1. The first-order valence-electron chi connectivity index (χ1n) is 5.30. The predicted molar refractivity (Wildman–Crippen MR) is 55.5 cm³/mol. The van der Waals surface area contributed by atoms with Gasteiger partial charge >= 0.3 is 5.97 Å². The summed E-state index contributed by atoms with van der Waals surface area (Å²) < 4.78 is 0. The van der Waals surface area contributed by atoms with E-state index < -0.39 is 5.97 Å². The van der Waals surface area contributed by atoms with Crippen LogP contribution in [-0.4, -0.2) is 48.6 Å². The molecule has 1 rings (SSSR count). The molecule has 0 radical (unpaired) electrons. The summed E-state index contributed by atoms with van der Waals surface area (Å²) in [5, 5.41) is 11.7. The number of carboxylic acid groups (broad SMARTS) is 1. The van der Waals surface area contributed by atoms with Gasteiger partial charge in [0, 0.05) is 26.1 Å². The highest BCUT2D eigenvalue weighted by Gasteiger charge is 2.26. The molecule has 1 fully saturated rings. The van der Waals surface area contributed by atoms with Crippen molar-refractivity contribution in [1.29, 1.82) is 0 Å². The van der Waals surface area contributed by atoms with Crippen molar-refractivity contribution in [1.82, 2.24) is 10.2 Å². The number of carboxylic acids is 1. The monoisotopic (exact) mass is 214 g/mol. The van der Waals surface area contributed by atoms with Gasteiger partial charge in [0.05, 0.1) is 5.92 Å². The second-order valence-corrected chi connectivity index (χ2v) is 3.85. The van der Waals surface area contributed by atoms with Gasteiger partial charge in [0.25, 0.3) is 0 Å². The van der Waals surface area contributed by atoms with Gasteiger partial charge in [-0.3, -0.25) is 9.59 Å². The SMILES string of the molecule is CNCCC(=O)N1CCC(C(=O)O)CC1. The van der Waals surface area contributed by atoms with Crippen LogP contribution < -0.4 is 5.32 Å². The number of carbonyl (C=O) groups is 2. The van der Waals surface area contributed by atoms with Gasteiger partial charge in [0.15, 0.2) is 0 Å². The Labute approximate surface area is 89.4 Å². The lowest BCUT2D eigenvalue weighted by molar-refractivity contribution is -0.145. The van der Waals surface area contributed by atoms with Gasteiger partial charge in [-0.15, -0.1) is 0 Å². The highest BCUT2D eigenvalue weighted by atomic mass is 16.4. The lowest BCUT2D eigenvalue weighted by Crippen LogP contribution is -2.41. The van der Waals surface area contributed by atoms with Crippen LogP contribution in [0.4, 0.5) is 0 Å². The van der Waals surface area contributed by atoms with Crippen LogP contribution in [0.5, 0.6) is 0 Å². The van der Waals surface area contributed by atoms with Gasteiger partial charge in [-0.2, -0.15) is 0 Å². The average Bonchev–Trinajstić information content (AvgIpc) is 2.26. The zero-order valence-electron chi connectivity index (χ0n) is 9.03. The second kappa shape index (κ2) is 5.70. The van der Waals surface area contributed by atoms with Crippen LogP contribution in [-0.2, 0) is 9.59 Å². The normalized spacial score (nSPS) is 17.8. The Morgan fingerprint density at radius 3 is 2.47 bits per heavy atom. The highest BCUT2D eigenvalue weighted by molar-refractivity contribution is 5.77. The van der Waals surface area contributed by atoms with Crippen molar-refractivity contribution >= 4 is 11.9 Å². The Hall–Kier alpha value is -1.10. The molecule has 1 amide bonds. The molecule has 2 N–H and O–H groups in total. The van der Waals surface area contributed by atoms with Crippen molar-refractivity contribution < 1.29 is 14.7 Å². The molecule has 86 valence electrons. The molecular weight excluding hydrogens is 196 g/mol. The van der Waals surface area contributed by atoms with Gasteiger partial charge < -0.3 is 15.3 Å². The molecule has 0 aliphatic carbocycles. The third kappa shape index (κ3) is 3.51. The molecule has 5 heteroatoms. The molecule has 0 atom stereocenters. The highest BCUT2D eigenvalue weighted by Crippen LogP contribution is 2.17. The molecule has 0 aromatic heterocycles. The molecule has 0 saturated carbocycles. The zero-order chi connectivity index (χ0) is 11.3. The number of hydrogen-bond donors (Lipinski definition) is 2. The van der Waals surface area contributed by atoms with Crippen LogP contribution in [0.2, 0.25) is 0 Å². The number of rotatable bonds is 4. The third-order valence-electron chi connectivity index (χ3n) is 2.79. The van der Waals surface area contributed by atoms with E-state index in [4.69, 9.17) is 5.11 Å². The summed E-state index contributed by atoms with van der Waals surface area (Å²) in [5.41, 5.74) is 0. The number of amides is 1. The van der Waals surface area contributed by atoms with E-state index in [1.165, 1.54) is 0 Å². The average molecular weight is 214 g/mol. The number of aliphatic carboxylic acids is 1. The minimum Gasteiger partial charge on any atom is -0.481 e. The van der Waals surface area contributed by atoms with Gasteiger partial charge in [0.1, 0.15) is 0 Å². The van der Waals surface area contributed by atoms with Crippen LogP contribution in [0.1, 0.15) is 19.3 Å². The number of likely N-dealkylation sites (tertiary alicyclic amines) is 1. The third-order valence-corrected chi connectivity index (χ3v) is 2.79. The minimum atomic E-state index is -0.739. The van der Waals surface area contributed by atoms with E-state index >= 15 is 0 Å². The Morgan fingerprint density at radius 1 is 1.40 bits per heavy atom. The fourth-order valence-electron chi connectivity index (χ4n) is 1.77. The van der Waals surface area contributed by atoms with Gasteiger partial charge in [-0.1, -0.05) is 0 Å². The molecule has 1 aliphatic heterocycles. The van der Waals surface area contributed by atoms with E-state index in [0.29, 0.717) is 38.9 Å². The summed E-state index contributed by atoms with van der Waals surface area (Å²) in [7, 11) is 1.81. The van der Waals surface area contributed by atoms with E-state index in [1.54, 1.807) is 4.90 Å². The maximum Gasteiger partial charge on any atom is 0.306 e. The topological polar surface area (TPSA) is 69.6 Å². The van der Waals surface area contributed by atoms with Crippen LogP contribution in [0, 0.1) is 5.92 Å². The Morgan fingerprint density at radius 2 is 2.00 bits per heavy atom. The molecule has 0 spiro atoms. The summed E-state index contributed by atoms with van der Waals surface area (Å²) in [6.45, 7) is 1.84. The summed E-state index contributed by atoms with van der Waals surface area (Å²) in [5.74, 6) is -0.885. The Kier molecular flexibility index (Phi) is 4.55. The van der Waals surface area contributed by atoms with Gasteiger partial charge in [0.2, 0.25) is 5.91 Å². The molecule has 0 aromatic rings. The molecule has 5 nitrogen and oxygen atoms in total. The van der Waals surface area contributed by atoms with E-state index in [2.05, 4.69) is 5.32 Å². The first kappa shape index (κ1) is 12.0. The van der Waals surface area contributed by atoms with Crippen LogP contribution >= 0.6 is 0 Å². The smallest absolute Gasteiger partial charge is 0.306 e. The number of nitrogens with zero attached hydrogens (tertiary/aromatic N) is 1. The van der Waals surface area contributed by atoms with Gasteiger partial charge in [-0.25, -0.2) is 0 Å². The molecule has 1 heterocycles. The summed E-state index contributed by atoms with van der Waals surface area (Å²) >= 11 is 0. The van der Waals surface area contributed by atoms with Crippen LogP contribution in [0.15, 0.2) is 0 Å². The van der Waals surface area contributed by atoms with E-state index in [0.717, 1.165) is 0 Å². The molecule has 1 aliphatic rings. The van der Waals surface area contributed by atoms with E-state index in [1.807, 2.05) is 7.05 Å². The minimum absolute atomic E-state index is 0.119. The standard InChI is InChI=1S/C10H18N2O3/c1-11-5-2-9(13)12-6-3-8(4-7-12)10(14)15/h8,11H,2-7H2,1H3,(H,14,15). The predicted octanol–water partition coefficient (Wildman–Crippen LogP) is -0.0809. The quantitative estimate of drug-likeness (QED) is 0.686. The van der Waals surface area contributed by atoms with Crippen molar-refractivity contribution in [2.75, 3.05) is 26.7 Å². The van der Waals surface area contributed by atoms with Gasteiger partial charge in [-0.05, 0) is 19.9 Å².